The third kappa shape index (κ3) is 3.94. The van der Waals surface area contributed by atoms with E-state index in [1.165, 1.54) is 49.6 Å². The van der Waals surface area contributed by atoms with Gasteiger partial charge in [-0.25, -0.2) is 14.5 Å². The highest BCUT2D eigenvalue weighted by Gasteiger charge is 2.37. The number of aromatic carboxylic acids is 1. The second-order valence-electron chi connectivity index (χ2n) is 5.82. The number of benzene rings is 2. The number of halogens is 2. The number of anilines is 1. The number of rotatable bonds is 4. The molecule has 4 amide bonds. The average molecular weight is 435 g/mol. The van der Waals surface area contributed by atoms with Gasteiger partial charge in [-0.2, -0.15) is 0 Å². The highest BCUT2D eigenvalue weighted by molar-refractivity contribution is 6.43. The predicted octanol–water partition coefficient (Wildman–Crippen LogP) is 3.37. The zero-order valence-corrected chi connectivity index (χ0v) is 16.2. The summed E-state index contributed by atoms with van der Waals surface area (Å²) < 4.78 is 4.98. The summed E-state index contributed by atoms with van der Waals surface area (Å²) in [6.45, 7) is 0. The number of carbonyl (C=O) groups excluding carboxylic acids is 3. The Bertz CT molecular complexity index is 1100. The molecular formula is C19H12Cl2N2O6. The molecule has 3 rings (SSSR count). The van der Waals surface area contributed by atoms with Crippen LogP contribution in [0.5, 0.6) is 5.75 Å². The molecule has 0 radical (unpaired) electrons. The molecule has 1 aliphatic heterocycles. The van der Waals surface area contributed by atoms with Gasteiger partial charge in [-0.3, -0.25) is 14.9 Å². The van der Waals surface area contributed by atoms with Crippen LogP contribution >= 0.6 is 23.2 Å². The standard InChI is InChI=1S/C19H12Cl2N2O6/c1-29-15-5-2-9(6-11(15)18(26)27)7-12-16(24)22-19(28)23(17(12)25)10-3-4-13(20)14(21)8-10/h2-8H,1H3,(H,26,27)(H,22,24,28)/b12-7-. The Kier molecular flexibility index (Phi) is 5.58. The van der Waals surface area contributed by atoms with Gasteiger partial charge in [0.2, 0.25) is 0 Å². The molecule has 0 bridgehead atoms. The zero-order valence-electron chi connectivity index (χ0n) is 14.7. The number of methoxy groups -OCH3 is 1. The number of carboxylic acids is 1. The van der Waals surface area contributed by atoms with Crippen LogP contribution in [-0.4, -0.2) is 36.0 Å². The smallest absolute Gasteiger partial charge is 0.339 e. The summed E-state index contributed by atoms with van der Waals surface area (Å²) in [6.07, 6.45) is 1.18. The van der Waals surface area contributed by atoms with E-state index < -0.39 is 23.8 Å². The van der Waals surface area contributed by atoms with Crippen molar-refractivity contribution in [1.29, 1.82) is 0 Å². The van der Waals surface area contributed by atoms with E-state index in [4.69, 9.17) is 27.9 Å². The maximum absolute atomic E-state index is 12.8. The molecular weight excluding hydrogens is 423 g/mol. The molecule has 1 fully saturated rings. The lowest BCUT2D eigenvalue weighted by molar-refractivity contribution is -0.122. The number of amides is 4. The molecule has 2 N–H and O–H groups in total. The maximum atomic E-state index is 12.8. The molecule has 148 valence electrons. The summed E-state index contributed by atoms with van der Waals surface area (Å²) in [4.78, 5) is 49.4. The van der Waals surface area contributed by atoms with E-state index in [1.807, 2.05) is 0 Å². The highest BCUT2D eigenvalue weighted by Crippen LogP contribution is 2.30. The largest absolute Gasteiger partial charge is 0.496 e. The summed E-state index contributed by atoms with van der Waals surface area (Å²) >= 11 is 11.8. The van der Waals surface area contributed by atoms with E-state index in [0.29, 0.717) is 0 Å². The third-order valence-electron chi connectivity index (χ3n) is 4.03. The highest BCUT2D eigenvalue weighted by atomic mass is 35.5. The SMILES string of the molecule is COc1ccc(/C=C2/C(=O)NC(=O)N(c3ccc(Cl)c(Cl)c3)C2=O)cc1C(=O)O. The second-order valence-corrected chi connectivity index (χ2v) is 6.64. The summed E-state index contributed by atoms with van der Waals surface area (Å²) in [7, 11) is 1.32. The zero-order chi connectivity index (χ0) is 21.3. The van der Waals surface area contributed by atoms with Crippen molar-refractivity contribution in [2.75, 3.05) is 12.0 Å². The molecule has 10 heteroatoms. The van der Waals surface area contributed by atoms with Gasteiger partial charge in [0.1, 0.15) is 16.9 Å². The van der Waals surface area contributed by atoms with Gasteiger partial charge in [-0.15, -0.1) is 0 Å². The van der Waals surface area contributed by atoms with Crippen LogP contribution in [0.4, 0.5) is 10.5 Å². The van der Waals surface area contributed by atoms with Gasteiger partial charge in [-0.1, -0.05) is 29.3 Å². The Balaban J connectivity index is 2.04. The van der Waals surface area contributed by atoms with Gasteiger partial charge in [0, 0.05) is 0 Å². The normalized spacial score (nSPS) is 15.5. The van der Waals surface area contributed by atoms with E-state index in [-0.39, 0.29) is 38.2 Å². The average Bonchev–Trinajstić information content (AvgIpc) is 2.67. The topological polar surface area (TPSA) is 113 Å². The van der Waals surface area contributed by atoms with Crippen LogP contribution in [0.15, 0.2) is 42.0 Å². The van der Waals surface area contributed by atoms with E-state index >= 15 is 0 Å². The summed E-state index contributed by atoms with van der Waals surface area (Å²) in [6, 6.07) is 7.27. The molecule has 2 aromatic carbocycles. The van der Waals surface area contributed by atoms with E-state index in [9.17, 15) is 24.3 Å². The number of urea groups is 1. The molecule has 1 aliphatic rings. The van der Waals surface area contributed by atoms with Crippen LogP contribution in [0.1, 0.15) is 15.9 Å². The van der Waals surface area contributed by atoms with Gasteiger partial charge >= 0.3 is 12.0 Å². The Morgan fingerprint density at radius 1 is 1.10 bits per heavy atom. The van der Waals surface area contributed by atoms with Crippen LogP contribution in [-0.2, 0) is 9.59 Å². The number of nitrogens with one attached hydrogen (secondary N) is 1. The Morgan fingerprint density at radius 3 is 2.45 bits per heavy atom. The van der Waals surface area contributed by atoms with Crippen LogP contribution in [0.3, 0.4) is 0 Å². The van der Waals surface area contributed by atoms with Crippen LogP contribution in [0.2, 0.25) is 10.0 Å². The van der Waals surface area contributed by atoms with Gasteiger partial charge in [0.15, 0.2) is 0 Å². The van der Waals surface area contributed by atoms with Crippen molar-refractivity contribution >= 4 is 58.8 Å². The number of nitrogens with zero attached hydrogens (tertiary/aromatic N) is 1. The summed E-state index contributed by atoms with van der Waals surface area (Å²) in [5.41, 5.74) is -0.147. The number of carboxylic acid groups (broad SMARTS) is 1. The fourth-order valence-electron chi connectivity index (χ4n) is 2.67. The lowest BCUT2D eigenvalue weighted by Gasteiger charge is -2.26. The van der Waals surface area contributed by atoms with Crippen molar-refractivity contribution in [3.63, 3.8) is 0 Å². The van der Waals surface area contributed by atoms with Crippen molar-refractivity contribution < 1.29 is 29.0 Å². The van der Waals surface area contributed by atoms with Gasteiger partial charge in [0.05, 0.1) is 22.8 Å². The number of imide groups is 2. The molecule has 0 atom stereocenters. The first-order valence-corrected chi connectivity index (χ1v) is 8.76. The van der Waals surface area contributed by atoms with Gasteiger partial charge in [0.25, 0.3) is 11.8 Å². The molecule has 0 aromatic heterocycles. The number of hydrogen-bond donors (Lipinski definition) is 2. The first-order chi connectivity index (χ1) is 13.7. The van der Waals surface area contributed by atoms with E-state index in [0.717, 1.165) is 4.90 Å². The van der Waals surface area contributed by atoms with Crippen LogP contribution in [0.25, 0.3) is 6.08 Å². The minimum absolute atomic E-state index is 0.112. The van der Waals surface area contributed by atoms with Crippen molar-refractivity contribution in [2.24, 2.45) is 0 Å². The van der Waals surface area contributed by atoms with Crippen molar-refractivity contribution in [1.82, 2.24) is 5.32 Å². The molecule has 1 saturated heterocycles. The summed E-state index contributed by atoms with van der Waals surface area (Å²) in [5, 5.41) is 11.7. The molecule has 2 aromatic rings. The molecule has 8 nitrogen and oxygen atoms in total. The monoisotopic (exact) mass is 434 g/mol. The molecule has 0 spiro atoms. The van der Waals surface area contributed by atoms with Crippen LogP contribution in [0, 0.1) is 0 Å². The predicted molar refractivity (Wildman–Crippen MR) is 105 cm³/mol. The minimum Gasteiger partial charge on any atom is -0.496 e. The number of ether oxygens (including phenoxy) is 1. The van der Waals surface area contributed by atoms with Crippen molar-refractivity contribution in [3.05, 3.63) is 63.1 Å². The van der Waals surface area contributed by atoms with E-state index in [2.05, 4.69) is 5.32 Å². The number of carbonyl (C=O) groups is 4. The lowest BCUT2D eigenvalue weighted by atomic mass is 10.0. The van der Waals surface area contributed by atoms with Gasteiger partial charge < -0.3 is 9.84 Å². The fraction of sp³-hybridized carbons (Fsp3) is 0.0526. The van der Waals surface area contributed by atoms with Crippen LogP contribution < -0.4 is 15.0 Å². The Hall–Kier alpha value is -3.36. The molecule has 1 heterocycles. The first-order valence-electron chi connectivity index (χ1n) is 8.00. The van der Waals surface area contributed by atoms with E-state index in [1.54, 1.807) is 0 Å². The Labute approximate surface area is 174 Å². The number of barbiturate groups is 1. The molecule has 0 saturated carbocycles. The number of hydrogen-bond acceptors (Lipinski definition) is 5. The minimum atomic E-state index is -1.24. The van der Waals surface area contributed by atoms with Gasteiger partial charge in [-0.05, 0) is 42.0 Å². The van der Waals surface area contributed by atoms with Crippen molar-refractivity contribution in [2.45, 2.75) is 0 Å². The first kappa shape index (κ1) is 20.4. The molecule has 0 aliphatic carbocycles. The third-order valence-corrected chi connectivity index (χ3v) is 4.77. The quantitative estimate of drug-likeness (QED) is 0.563. The van der Waals surface area contributed by atoms with Crippen molar-refractivity contribution in [3.8, 4) is 5.75 Å². The maximum Gasteiger partial charge on any atom is 0.339 e. The fourth-order valence-corrected chi connectivity index (χ4v) is 2.96. The molecule has 0 unspecified atom stereocenters. The Morgan fingerprint density at radius 2 is 1.83 bits per heavy atom. The lowest BCUT2D eigenvalue weighted by Crippen LogP contribution is -2.54. The molecule has 29 heavy (non-hydrogen) atoms. The summed E-state index contributed by atoms with van der Waals surface area (Å²) in [5.74, 6) is -2.94. The second kappa shape index (κ2) is 7.94.